The van der Waals surface area contributed by atoms with E-state index >= 15 is 0 Å². The van der Waals surface area contributed by atoms with Gasteiger partial charge in [-0.15, -0.1) is 0 Å². The highest BCUT2D eigenvalue weighted by Crippen LogP contribution is 2.27. The fourth-order valence-corrected chi connectivity index (χ4v) is 2.51. The van der Waals surface area contributed by atoms with Crippen LogP contribution in [0.4, 0.5) is 0 Å². The molecule has 0 unspecified atom stereocenters. The summed E-state index contributed by atoms with van der Waals surface area (Å²) < 4.78 is 0. The van der Waals surface area contributed by atoms with Crippen molar-refractivity contribution in [3.8, 4) is 11.1 Å². The zero-order valence-electron chi connectivity index (χ0n) is 12.3. The van der Waals surface area contributed by atoms with Crippen molar-refractivity contribution in [1.29, 1.82) is 0 Å². The van der Waals surface area contributed by atoms with Crippen molar-refractivity contribution in [2.45, 2.75) is 33.4 Å². The average Bonchev–Trinajstić information content (AvgIpc) is 2.46. The zero-order chi connectivity index (χ0) is 14.5. The van der Waals surface area contributed by atoms with Gasteiger partial charge in [0.25, 0.3) is 0 Å². The van der Waals surface area contributed by atoms with E-state index < -0.39 is 0 Å². The molecule has 2 nitrogen and oxygen atoms in total. The number of rotatable bonds is 5. The van der Waals surface area contributed by atoms with Gasteiger partial charge >= 0.3 is 0 Å². The van der Waals surface area contributed by atoms with Crippen LogP contribution in [0.5, 0.6) is 0 Å². The minimum absolute atomic E-state index is 0.560. The van der Waals surface area contributed by atoms with Crippen LogP contribution in [-0.4, -0.2) is 0 Å². The van der Waals surface area contributed by atoms with E-state index in [4.69, 9.17) is 11.5 Å². The molecule has 2 heteroatoms. The van der Waals surface area contributed by atoms with E-state index in [1.807, 2.05) is 6.07 Å². The third kappa shape index (κ3) is 3.27. The van der Waals surface area contributed by atoms with Gasteiger partial charge in [0.2, 0.25) is 0 Å². The highest BCUT2D eigenvalue weighted by atomic mass is 14.5. The first kappa shape index (κ1) is 14.8. The van der Waals surface area contributed by atoms with Crippen LogP contribution in [0.15, 0.2) is 36.4 Å². The maximum absolute atomic E-state index is 5.99. The highest BCUT2D eigenvalue weighted by Gasteiger charge is 2.10. The number of benzene rings is 2. The monoisotopic (exact) mass is 267 g/mol. The van der Waals surface area contributed by atoms with Gasteiger partial charge < -0.3 is 11.5 Å². The van der Waals surface area contributed by atoms with E-state index in [0.717, 1.165) is 12.0 Å². The second-order valence-electron chi connectivity index (χ2n) is 5.58. The predicted octanol–water partition coefficient (Wildman–Crippen LogP) is 3.27. The molecule has 0 aromatic heterocycles. The van der Waals surface area contributed by atoms with E-state index in [2.05, 4.69) is 50.2 Å². The van der Waals surface area contributed by atoms with Crippen LogP contribution in [-0.2, 0) is 19.5 Å². The Hall–Kier alpha value is -1.64. The molecule has 0 aliphatic carbocycles. The molecule has 0 atom stereocenters. The van der Waals surface area contributed by atoms with Crippen molar-refractivity contribution in [3.05, 3.63) is 59.2 Å². The Kier molecular flexibility index (Phi) is 4.94. The number of hydrogen-bond donors (Lipinski definition) is 2. The van der Waals surface area contributed by atoms with Gasteiger partial charge in [-0.3, -0.25) is 0 Å². The normalized spacial score (nSPS) is 11.1. The van der Waals surface area contributed by atoms with Crippen LogP contribution >= 0.6 is 0 Å². The molecule has 0 amide bonds. The minimum atomic E-state index is 0.560. The Balaban J connectivity index is 2.44. The molecule has 0 spiro atoms. The van der Waals surface area contributed by atoms with Crippen molar-refractivity contribution < 1.29 is 0 Å². The maximum Gasteiger partial charge on any atom is 0.0187 e. The van der Waals surface area contributed by atoms with Crippen molar-refractivity contribution in [1.82, 2.24) is 0 Å². The summed E-state index contributed by atoms with van der Waals surface area (Å²) in [7, 11) is 0. The quantitative estimate of drug-likeness (QED) is 0.873. The van der Waals surface area contributed by atoms with E-state index in [1.165, 1.54) is 22.3 Å². The molecule has 2 aromatic carbocycles. The molecule has 0 aliphatic heterocycles. The molecule has 105 valence electrons. The third-order valence-corrected chi connectivity index (χ3v) is 3.53. The smallest absolute Gasteiger partial charge is 0.0187 e. The molecule has 0 saturated heterocycles. The van der Waals surface area contributed by atoms with Crippen LogP contribution in [0, 0.1) is 12.0 Å². The van der Waals surface area contributed by atoms with Gasteiger partial charge in [0.15, 0.2) is 0 Å². The van der Waals surface area contributed by atoms with Gasteiger partial charge in [0, 0.05) is 13.1 Å². The molecule has 1 radical (unpaired) electrons. The molecule has 2 rings (SSSR count). The summed E-state index contributed by atoms with van der Waals surface area (Å²) in [6.07, 6.45) is 1.04. The van der Waals surface area contributed by atoms with E-state index in [9.17, 15) is 0 Å². The van der Waals surface area contributed by atoms with Gasteiger partial charge in [-0.05, 0) is 52.3 Å². The molecule has 4 N–H and O–H groups in total. The van der Waals surface area contributed by atoms with Gasteiger partial charge in [0.05, 0.1) is 0 Å². The third-order valence-electron chi connectivity index (χ3n) is 3.53. The average molecular weight is 267 g/mol. The molecule has 0 saturated carbocycles. The van der Waals surface area contributed by atoms with Crippen LogP contribution in [0.3, 0.4) is 0 Å². The Morgan fingerprint density at radius 2 is 1.70 bits per heavy atom. The van der Waals surface area contributed by atoms with Gasteiger partial charge in [-0.2, -0.15) is 0 Å². The first-order valence-electron chi connectivity index (χ1n) is 7.17. The summed E-state index contributed by atoms with van der Waals surface area (Å²) in [4.78, 5) is 0. The first-order valence-corrected chi connectivity index (χ1v) is 7.17. The van der Waals surface area contributed by atoms with E-state index in [1.54, 1.807) is 0 Å². The van der Waals surface area contributed by atoms with Crippen molar-refractivity contribution in [2.24, 2.45) is 17.4 Å². The summed E-state index contributed by atoms with van der Waals surface area (Å²) in [5.74, 6) is 0.614. The second-order valence-corrected chi connectivity index (χ2v) is 5.58. The lowest BCUT2D eigenvalue weighted by molar-refractivity contribution is 0.643. The summed E-state index contributed by atoms with van der Waals surface area (Å²) in [6, 6.07) is 15.7. The molecule has 2 aromatic rings. The van der Waals surface area contributed by atoms with Crippen LogP contribution < -0.4 is 11.5 Å². The standard InChI is InChI=1S/C18H23N2/c1-13(2)10-16-4-3-5-17(18(16)12-20)15-8-6-14(11-19)7-9-15/h4-9,13H,10-12,19-20H2,1-2H3. The SMILES string of the molecule is CC(C)Cc1c[c]cc(-c2ccc(CN)cc2)c1CN. The first-order chi connectivity index (χ1) is 9.65. The molecule has 0 bridgehead atoms. The van der Waals surface area contributed by atoms with Crippen molar-refractivity contribution in [2.75, 3.05) is 0 Å². The minimum Gasteiger partial charge on any atom is -0.326 e. The lowest BCUT2D eigenvalue weighted by atomic mass is 9.91. The number of nitrogens with two attached hydrogens (primary N) is 2. The summed E-state index contributed by atoms with van der Waals surface area (Å²) in [5.41, 5.74) is 17.7. The lowest BCUT2D eigenvalue weighted by Crippen LogP contribution is -2.06. The fraction of sp³-hybridized carbons (Fsp3) is 0.333. The number of hydrogen-bond acceptors (Lipinski definition) is 2. The van der Waals surface area contributed by atoms with Crippen LogP contribution in [0.25, 0.3) is 11.1 Å². The van der Waals surface area contributed by atoms with Crippen LogP contribution in [0.1, 0.15) is 30.5 Å². The molecule has 20 heavy (non-hydrogen) atoms. The summed E-state index contributed by atoms with van der Waals surface area (Å²) >= 11 is 0. The van der Waals surface area contributed by atoms with Gasteiger partial charge in [0.1, 0.15) is 0 Å². The maximum atomic E-state index is 5.99. The Morgan fingerprint density at radius 3 is 2.25 bits per heavy atom. The van der Waals surface area contributed by atoms with Gasteiger partial charge in [-0.25, -0.2) is 0 Å². The Bertz CT molecular complexity index is 556. The fourth-order valence-electron chi connectivity index (χ4n) is 2.51. The molecule has 0 heterocycles. The Labute approximate surface area is 121 Å². The largest absolute Gasteiger partial charge is 0.326 e. The van der Waals surface area contributed by atoms with E-state index in [-0.39, 0.29) is 0 Å². The zero-order valence-corrected chi connectivity index (χ0v) is 12.3. The Morgan fingerprint density at radius 1 is 1.00 bits per heavy atom. The lowest BCUT2D eigenvalue weighted by Gasteiger charge is -2.15. The summed E-state index contributed by atoms with van der Waals surface area (Å²) in [6.45, 7) is 5.58. The van der Waals surface area contributed by atoms with Crippen molar-refractivity contribution in [3.63, 3.8) is 0 Å². The highest BCUT2D eigenvalue weighted by molar-refractivity contribution is 5.69. The molecule has 0 fully saturated rings. The topological polar surface area (TPSA) is 52.0 Å². The molecular formula is C18H23N2. The van der Waals surface area contributed by atoms with Crippen LogP contribution in [0.2, 0.25) is 0 Å². The van der Waals surface area contributed by atoms with Gasteiger partial charge in [-0.1, -0.05) is 44.2 Å². The summed E-state index contributed by atoms with van der Waals surface area (Å²) in [5, 5.41) is 0. The second kappa shape index (κ2) is 6.69. The predicted molar refractivity (Wildman–Crippen MR) is 85.0 cm³/mol. The van der Waals surface area contributed by atoms with E-state index in [0.29, 0.717) is 19.0 Å². The molecule has 0 aliphatic rings. The van der Waals surface area contributed by atoms with Crippen molar-refractivity contribution >= 4 is 0 Å². The molecular weight excluding hydrogens is 244 g/mol.